The van der Waals surface area contributed by atoms with Gasteiger partial charge in [-0.05, 0) is 5.57 Å². The van der Waals surface area contributed by atoms with Gasteiger partial charge in [-0.15, -0.1) is 33.3 Å². The normalized spacial score (nSPS) is 20.7. The number of aryl methyl sites for hydroxylation is 1. The first-order valence-electron chi connectivity index (χ1n) is 8.93. The monoisotopic (exact) mass is 496 g/mol. The minimum absolute atomic E-state index is 0.0710. The number of rotatable bonds is 7. The third-order valence-electron chi connectivity index (χ3n) is 4.66. The fraction of sp³-hybridized carbons (Fsp3) is 0.312. The van der Waals surface area contributed by atoms with Crippen molar-refractivity contribution in [1.82, 2.24) is 30.0 Å². The first kappa shape index (κ1) is 22.1. The lowest BCUT2D eigenvalue weighted by molar-refractivity contribution is -0.150. The third-order valence-corrected chi connectivity index (χ3v) is 7.80. The number of nitrogens with one attached hydrogen (secondary N) is 1. The summed E-state index contributed by atoms with van der Waals surface area (Å²) in [4.78, 5) is 42.3. The lowest BCUT2D eigenvalue weighted by Crippen LogP contribution is -2.71. The van der Waals surface area contributed by atoms with Gasteiger partial charge in [0.15, 0.2) is 16.0 Å². The Bertz CT molecular complexity index is 1160. The molecule has 5 N–H and O–H groups in total. The van der Waals surface area contributed by atoms with E-state index in [0.717, 1.165) is 11.3 Å². The number of carbonyl (C=O) groups excluding carboxylic acids is 2. The maximum Gasteiger partial charge on any atom is 0.352 e. The molecule has 32 heavy (non-hydrogen) atoms. The summed E-state index contributed by atoms with van der Waals surface area (Å²) in [7, 11) is 1.77. The Morgan fingerprint density at radius 2 is 2.25 bits per heavy atom. The van der Waals surface area contributed by atoms with E-state index in [9.17, 15) is 24.7 Å². The Labute approximate surface area is 192 Å². The van der Waals surface area contributed by atoms with Gasteiger partial charge in [0.2, 0.25) is 0 Å². The van der Waals surface area contributed by atoms with Crippen LogP contribution in [-0.2, 0) is 21.4 Å². The quantitative estimate of drug-likeness (QED) is 0.128. The van der Waals surface area contributed by atoms with Crippen molar-refractivity contribution in [2.24, 2.45) is 12.2 Å². The number of anilines is 1. The zero-order valence-corrected chi connectivity index (χ0v) is 18.8. The Balaban J connectivity index is 1.48. The van der Waals surface area contributed by atoms with Gasteiger partial charge in [-0.25, -0.2) is 9.78 Å². The van der Waals surface area contributed by atoms with Crippen LogP contribution in [0.5, 0.6) is 0 Å². The van der Waals surface area contributed by atoms with Crippen molar-refractivity contribution in [2.45, 2.75) is 16.6 Å². The second-order valence-corrected chi connectivity index (χ2v) is 9.59. The molecule has 2 aromatic rings. The molecule has 1 fully saturated rings. The van der Waals surface area contributed by atoms with Gasteiger partial charge in [-0.1, -0.05) is 16.9 Å². The van der Waals surface area contributed by atoms with Crippen LogP contribution in [0.15, 0.2) is 33.3 Å². The minimum Gasteiger partial charge on any atom is -0.477 e. The molecule has 2 amide bonds. The van der Waals surface area contributed by atoms with Gasteiger partial charge in [-0.2, -0.15) is 0 Å². The number of nitrogens with two attached hydrogens (primary N) is 1. The summed E-state index contributed by atoms with van der Waals surface area (Å²) in [5, 5.41) is 33.8. The SMILES string of the molecule is Cn1cnnc1SCC1=C(C(=O)O)N2C(=O)C(NC(=O)C(=NO)c3csc(N)n3)[C@H]2SC1. The van der Waals surface area contributed by atoms with E-state index < -0.39 is 29.2 Å². The number of aliphatic carboxylic acids is 1. The van der Waals surface area contributed by atoms with Gasteiger partial charge in [0.1, 0.15) is 29.1 Å². The van der Waals surface area contributed by atoms with Crippen LogP contribution in [0.4, 0.5) is 5.13 Å². The molecule has 1 unspecified atom stereocenters. The van der Waals surface area contributed by atoms with Crippen LogP contribution in [0.25, 0.3) is 0 Å². The molecule has 0 aliphatic carbocycles. The molecular weight excluding hydrogens is 480 g/mol. The summed E-state index contributed by atoms with van der Waals surface area (Å²) < 4.78 is 1.71. The number of nitrogen functional groups attached to an aromatic ring is 1. The Kier molecular flexibility index (Phi) is 6.07. The number of thioether (sulfide) groups is 2. The topological polar surface area (TPSA) is 189 Å². The lowest BCUT2D eigenvalue weighted by Gasteiger charge is -2.49. The summed E-state index contributed by atoms with van der Waals surface area (Å²) >= 11 is 3.71. The molecule has 4 rings (SSSR count). The second kappa shape index (κ2) is 8.79. The van der Waals surface area contributed by atoms with E-state index in [4.69, 9.17) is 5.73 Å². The van der Waals surface area contributed by atoms with Crippen molar-refractivity contribution in [1.29, 1.82) is 0 Å². The van der Waals surface area contributed by atoms with Crippen LogP contribution in [0, 0.1) is 0 Å². The van der Waals surface area contributed by atoms with Crippen LogP contribution in [0.1, 0.15) is 5.69 Å². The number of fused-ring (bicyclic) bond motifs is 1. The van der Waals surface area contributed by atoms with E-state index in [2.05, 4.69) is 25.7 Å². The molecule has 16 heteroatoms. The minimum atomic E-state index is -1.22. The number of β-lactam (4-membered cyclic amide) rings is 1. The first-order valence-corrected chi connectivity index (χ1v) is 11.8. The molecule has 2 aliphatic heterocycles. The largest absolute Gasteiger partial charge is 0.477 e. The zero-order chi connectivity index (χ0) is 23.0. The highest BCUT2D eigenvalue weighted by molar-refractivity contribution is 8.01. The number of carboxylic acids is 1. The number of carboxylic acid groups (broad SMARTS) is 1. The number of hydrogen-bond acceptors (Lipinski definition) is 12. The van der Waals surface area contributed by atoms with Crippen molar-refractivity contribution >= 4 is 63.5 Å². The molecule has 13 nitrogen and oxygen atoms in total. The molecule has 0 saturated carbocycles. The molecule has 0 spiro atoms. The molecule has 2 atom stereocenters. The highest BCUT2D eigenvalue weighted by Gasteiger charge is 2.54. The van der Waals surface area contributed by atoms with Gasteiger partial charge in [0, 0.05) is 23.9 Å². The predicted octanol–water partition coefficient (Wildman–Crippen LogP) is -0.437. The molecule has 0 radical (unpaired) electrons. The van der Waals surface area contributed by atoms with Crippen molar-refractivity contribution < 1.29 is 24.7 Å². The van der Waals surface area contributed by atoms with Gasteiger partial charge in [0.05, 0.1) is 0 Å². The van der Waals surface area contributed by atoms with Gasteiger partial charge >= 0.3 is 5.97 Å². The Hall–Kier alpha value is -3.11. The molecule has 0 aromatic carbocycles. The summed E-state index contributed by atoms with van der Waals surface area (Å²) in [5.74, 6) is -1.93. The predicted molar refractivity (Wildman–Crippen MR) is 116 cm³/mol. The lowest BCUT2D eigenvalue weighted by atomic mass is 10.0. The molecule has 4 heterocycles. The van der Waals surface area contributed by atoms with Crippen LogP contribution < -0.4 is 11.1 Å². The summed E-state index contributed by atoms with van der Waals surface area (Å²) in [6.07, 6.45) is 1.54. The van der Waals surface area contributed by atoms with Crippen molar-refractivity contribution in [2.75, 3.05) is 17.2 Å². The average molecular weight is 497 g/mol. The molecule has 2 aliphatic rings. The maximum atomic E-state index is 12.8. The second-order valence-electron chi connectivity index (χ2n) is 6.65. The Morgan fingerprint density at radius 1 is 1.47 bits per heavy atom. The average Bonchev–Trinajstić information content (AvgIpc) is 3.37. The number of nitrogens with zero attached hydrogens (tertiary/aromatic N) is 6. The number of hydrogen-bond donors (Lipinski definition) is 4. The number of oxime groups is 1. The van der Waals surface area contributed by atoms with Gasteiger partial charge in [0.25, 0.3) is 11.8 Å². The van der Waals surface area contributed by atoms with Crippen LogP contribution in [-0.4, -0.2) is 81.4 Å². The molecule has 0 bridgehead atoms. The van der Waals surface area contributed by atoms with Gasteiger partial charge < -0.3 is 25.9 Å². The summed E-state index contributed by atoms with van der Waals surface area (Å²) in [6.45, 7) is 0. The van der Waals surface area contributed by atoms with E-state index in [1.807, 2.05) is 0 Å². The standard InChI is InChI=1S/C16H16N8O5S3/c1-23-5-18-21-16(23)32-3-6-2-30-13-9(12(26)24(13)10(6)14(27)28)20-11(25)8(22-29)7-4-31-15(17)19-7/h4-5,9,13,29H,2-3H2,1H3,(H2,17,19)(H,20,25)(H,27,28)/t9?,13-/m1/s1. The van der Waals surface area contributed by atoms with E-state index in [-0.39, 0.29) is 22.2 Å². The van der Waals surface area contributed by atoms with Crippen molar-refractivity contribution in [3.05, 3.63) is 28.7 Å². The summed E-state index contributed by atoms with van der Waals surface area (Å²) in [6, 6.07) is -0.970. The number of amides is 2. The van der Waals surface area contributed by atoms with E-state index >= 15 is 0 Å². The molecule has 2 aromatic heterocycles. The maximum absolute atomic E-state index is 12.8. The number of aromatic nitrogens is 4. The highest BCUT2D eigenvalue weighted by atomic mass is 32.2. The van der Waals surface area contributed by atoms with Crippen LogP contribution in [0.2, 0.25) is 0 Å². The number of carbonyl (C=O) groups is 3. The summed E-state index contributed by atoms with van der Waals surface area (Å²) in [5.41, 5.74) is 5.70. The Morgan fingerprint density at radius 3 is 2.84 bits per heavy atom. The first-order chi connectivity index (χ1) is 15.3. The smallest absolute Gasteiger partial charge is 0.352 e. The third kappa shape index (κ3) is 3.91. The fourth-order valence-electron chi connectivity index (χ4n) is 3.17. The van der Waals surface area contributed by atoms with E-state index in [1.54, 1.807) is 11.6 Å². The van der Waals surface area contributed by atoms with Gasteiger partial charge in [-0.3, -0.25) is 14.5 Å². The molecular formula is C16H16N8O5S3. The molecule has 1 saturated heterocycles. The van der Waals surface area contributed by atoms with E-state index in [0.29, 0.717) is 22.2 Å². The van der Waals surface area contributed by atoms with Crippen molar-refractivity contribution in [3.8, 4) is 0 Å². The van der Waals surface area contributed by atoms with Crippen molar-refractivity contribution in [3.63, 3.8) is 0 Å². The fourth-order valence-corrected chi connectivity index (χ4v) is 6.09. The van der Waals surface area contributed by atoms with Crippen LogP contribution in [0.3, 0.4) is 0 Å². The number of thiazole rings is 1. The molecule has 168 valence electrons. The zero-order valence-electron chi connectivity index (χ0n) is 16.3. The highest BCUT2D eigenvalue weighted by Crippen LogP contribution is 2.41. The van der Waals surface area contributed by atoms with Crippen LogP contribution >= 0.6 is 34.9 Å². The van der Waals surface area contributed by atoms with E-state index in [1.165, 1.54) is 40.1 Å².